The van der Waals surface area contributed by atoms with E-state index in [9.17, 15) is 0 Å². The number of hydrogen-bond acceptors (Lipinski definition) is 4. The van der Waals surface area contributed by atoms with Crippen LogP contribution in [0, 0.1) is 0 Å². The molecule has 90 valence electrons. The fourth-order valence-electron chi connectivity index (χ4n) is 2.41. The van der Waals surface area contributed by atoms with Crippen LogP contribution in [0.25, 0.3) is 0 Å². The predicted molar refractivity (Wildman–Crippen MR) is 62.8 cm³/mol. The van der Waals surface area contributed by atoms with Crippen LogP contribution >= 0.6 is 0 Å². The van der Waals surface area contributed by atoms with E-state index < -0.39 is 0 Å². The van der Waals surface area contributed by atoms with E-state index in [1.807, 2.05) is 0 Å². The Morgan fingerprint density at radius 3 is 3.06 bits per heavy atom. The van der Waals surface area contributed by atoms with Crippen LogP contribution in [0.15, 0.2) is 6.33 Å². The van der Waals surface area contributed by atoms with Gasteiger partial charge in [-0.3, -0.25) is 4.90 Å². The number of aromatic nitrogens is 3. The van der Waals surface area contributed by atoms with Crippen molar-refractivity contribution in [3.8, 4) is 0 Å². The summed E-state index contributed by atoms with van der Waals surface area (Å²) in [5.74, 6) is 1.05. The highest BCUT2D eigenvalue weighted by molar-refractivity contribution is 4.92. The van der Waals surface area contributed by atoms with E-state index in [2.05, 4.69) is 33.5 Å². The first-order chi connectivity index (χ1) is 7.61. The van der Waals surface area contributed by atoms with Gasteiger partial charge in [-0.2, -0.15) is 0 Å². The lowest BCUT2D eigenvalue weighted by atomic mass is 9.96. The van der Waals surface area contributed by atoms with Crippen molar-refractivity contribution in [2.45, 2.75) is 45.3 Å². The Bertz CT molecular complexity index is 344. The van der Waals surface area contributed by atoms with Gasteiger partial charge in [0.1, 0.15) is 12.2 Å². The molecule has 0 bridgehead atoms. The van der Waals surface area contributed by atoms with Gasteiger partial charge in [-0.15, -0.1) is 10.2 Å². The molecule has 1 aliphatic heterocycles. The molecule has 0 saturated heterocycles. The SMILES string of the molecule is CCCC(C)(N)CN1CCn2cnnc2C1. The molecule has 0 spiro atoms. The highest BCUT2D eigenvalue weighted by atomic mass is 15.3. The fourth-order valence-corrected chi connectivity index (χ4v) is 2.41. The van der Waals surface area contributed by atoms with Gasteiger partial charge in [0, 0.05) is 25.2 Å². The maximum Gasteiger partial charge on any atom is 0.147 e. The van der Waals surface area contributed by atoms with Crippen LogP contribution < -0.4 is 5.73 Å². The molecule has 2 N–H and O–H groups in total. The van der Waals surface area contributed by atoms with E-state index in [1.54, 1.807) is 6.33 Å². The van der Waals surface area contributed by atoms with Gasteiger partial charge in [0.2, 0.25) is 0 Å². The minimum Gasteiger partial charge on any atom is -0.324 e. The van der Waals surface area contributed by atoms with E-state index in [1.165, 1.54) is 0 Å². The van der Waals surface area contributed by atoms with Crippen molar-refractivity contribution in [3.63, 3.8) is 0 Å². The second-order valence-electron chi connectivity index (χ2n) is 5.06. The van der Waals surface area contributed by atoms with Gasteiger partial charge in [-0.05, 0) is 13.3 Å². The third kappa shape index (κ3) is 2.59. The van der Waals surface area contributed by atoms with Gasteiger partial charge in [-0.1, -0.05) is 13.3 Å². The van der Waals surface area contributed by atoms with Crippen LogP contribution in [-0.4, -0.2) is 38.3 Å². The Labute approximate surface area is 96.6 Å². The lowest BCUT2D eigenvalue weighted by Gasteiger charge is -2.34. The zero-order valence-corrected chi connectivity index (χ0v) is 10.2. The zero-order chi connectivity index (χ0) is 11.6. The first-order valence-corrected chi connectivity index (χ1v) is 5.98. The van der Waals surface area contributed by atoms with Gasteiger partial charge in [0.25, 0.3) is 0 Å². The number of hydrogen-bond donors (Lipinski definition) is 1. The van der Waals surface area contributed by atoms with Crippen LogP contribution in [-0.2, 0) is 13.1 Å². The molecule has 0 aromatic carbocycles. The van der Waals surface area contributed by atoms with Crippen LogP contribution in [0.4, 0.5) is 0 Å². The molecule has 5 nitrogen and oxygen atoms in total. The summed E-state index contributed by atoms with van der Waals surface area (Å²) in [6, 6.07) is 0. The molecule has 0 amide bonds. The number of nitrogens with two attached hydrogens (primary N) is 1. The van der Waals surface area contributed by atoms with Crippen molar-refractivity contribution in [1.29, 1.82) is 0 Å². The zero-order valence-electron chi connectivity index (χ0n) is 10.2. The topological polar surface area (TPSA) is 60.0 Å². The molecule has 1 aliphatic rings. The average Bonchev–Trinajstić information content (AvgIpc) is 2.63. The van der Waals surface area contributed by atoms with Crippen molar-refractivity contribution in [2.24, 2.45) is 5.73 Å². The lowest BCUT2D eigenvalue weighted by Crippen LogP contribution is -2.49. The minimum absolute atomic E-state index is 0.0864. The fraction of sp³-hybridized carbons (Fsp3) is 0.818. The summed E-state index contributed by atoms with van der Waals surface area (Å²) in [6.07, 6.45) is 4.01. The third-order valence-electron chi connectivity index (χ3n) is 3.12. The van der Waals surface area contributed by atoms with Crippen molar-refractivity contribution in [1.82, 2.24) is 19.7 Å². The molecule has 1 unspecified atom stereocenters. The monoisotopic (exact) mass is 223 g/mol. The molecule has 2 heterocycles. The Kier molecular flexibility index (Phi) is 3.25. The maximum absolute atomic E-state index is 6.27. The Morgan fingerprint density at radius 2 is 2.31 bits per heavy atom. The molecule has 1 atom stereocenters. The van der Waals surface area contributed by atoms with Crippen molar-refractivity contribution >= 4 is 0 Å². The van der Waals surface area contributed by atoms with Crippen molar-refractivity contribution in [3.05, 3.63) is 12.2 Å². The molecular formula is C11H21N5. The summed E-state index contributed by atoms with van der Waals surface area (Å²) in [6.45, 7) is 8.14. The first kappa shape index (κ1) is 11.5. The van der Waals surface area contributed by atoms with Crippen LogP contribution in [0.3, 0.4) is 0 Å². The highest BCUT2D eigenvalue weighted by Gasteiger charge is 2.24. The maximum atomic E-state index is 6.27. The highest BCUT2D eigenvalue weighted by Crippen LogP contribution is 2.15. The standard InChI is InChI=1S/C11H21N5/c1-3-4-11(2,12)8-15-5-6-16-9-13-14-10(16)7-15/h9H,3-8,12H2,1-2H3. The summed E-state index contributed by atoms with van der Waals surface area (Å²) >= 11 is 0. The summed E-state index contributed by atoms with van der Waals surface area (Å²) in [5, 5.41) is 8.04. The van der Waals surface area contributed by atoms with Gasteiger partial charge < -0.3 is 10.3 Å². The number of fused-ring (bicyclic) bond motifs is 1. The number of rotatable bonds is 4. The molecule has 2 rings (SSSR count). The molecule has 0 saturated carbocycles. The van der Waals surface area contributed by atoms with Gasteiger partial charge in [0.15, 0.2) is 0 Å². The van der Waals surface area contributed by atoms with Gasteiger partial charge in [-0.25, -0.2) is 0 Å². The van der Waals surface area contributed by atoms with Crippen molar-refractivity contribution in [2.75, 3.05) is 13.1 Å². The smallest absolute Gasteiger partial charge is 0.147 e. The largest absolute Gasteiger partial charge is 0.324 e. The molecule has 0 radical (unpaired) electrons. The van der Waals surface area contributed by atoms with Gasteiger partial charge in [0.05, 0.1) is 6.54 Å². The summed E-state index contributed by atoms with van der Waals surface area (Å²) in [5.41, 5.74) is 6.18. The molecular weight excluding hydrogens is 202 g/mol. The van der Waals surface area contributed by atoms with E-state index in [0.29, 0.717) is 0 Å². The Balaban J connectivity index is 1.94. The van der Waals surface area contributed by atoms with E-state index >= 15 is 0 Å². The summed E-state index contributed by atoms with van der Waals surface area (Å²) in [7, 11) is 0. The first-order valence-electron chi connectivity index (χ1n) is 5.98. The average molecular weight is 223 g/mol. The molecule has 5 heteroatoms. The summed E-state index contributed by atoms with van der Waals surface area (Å²) < 4.78 is 2.12. The quantitative estimate of drug-likeness (QED) is 0.812. The van der Waals surface area contributed by atoms with Crippen molar-refractivity contribution < 1.29 is 0 Å². The second kappa shape index (κ2) is 4.51. The molecule has 0 aliphatic carbocycles. The molecule has 16 heavy (non-hydrogen) atoms. The van der Waals surface area contributed by atoms with E-state index in [0.717, 1.165) is 44.8 Å². The molecule has 0 fully saturated rings. The van der Waals surface area contributed by atoms with Crippen LogP contribution in [0.2, 0.25) is 0 Å². The lowest BCUT2D eigenvalue weighted by molar-refractivity contribution is 0.169. The normalized spacial score (nSPS) is 20.4. The Hall–Kier alpha value is -0.940. The second-order valence-corrected chi connectivity index (χ2v) is 5.06. The van der Waals surface area contributed by atoms with E-state index in [4.69, 9.17) is 5.73 Å². The van der Waals surface area contributed by atoms with Gasteiger partial charge >= 0.3 is 0 Å². The Morgan fingerprint density at radius 1 is 1.50 bits per heavy atom. The molecule has 1 aromatic rings. The third-order valence-corrected chi connectivity index (χ3v) is 3.12. The van der Waals surface area contributed by atoms with Crippen LogP contribution in [0.1, 0.15) is 32.5 Å². The minimum atomic E-state index is -0.0864. The number of nitrogens with zero attached hydrogens (tertiary/aromatic N) is 4. The molecule has 1 aromatic heterocycles. The summed E-state index contributed by atoms with van der Waals surface area (Å²) in [4.78, 5) is 2.37. The predicted octanol–water partition coefficient (Wildman–Crippen LogP) is 0.611. The van der Waals surface area contributed by atoms with Crippen LogP contribution in [0.5, 0.6) is 0 Å². The van der Waals surface area contributed by atoms with E-state index in [-0.39, 0.29) is 5.54 Å².